The Morgan fingerprint density at radius 2 is 1.69 bits per heavy atom. The van der Waals surface area contributed by atoms with Gasteiger partial charge in [0.25, 0.3) is 0 Å². The molecule has 4 heterocycles. The van der Waals surface area contributed by atoms with Gasteiger partial charge in [0.15, 0.2) is 17.0 Å². The molecule has 2 aromatic carbocycles. The number of alkyl carbamates (subject to hydrolysis) is 1. The zero-order valence-electron chi connectivity index (χ0n) is 28.4. The molecule has 52 heavy (non-hydrogen) atoms. The zero-order valence-corrected chi connectivity index (χ0v) is 29.2. The lowest BCUT2D eigenvalue weighted by atomic mass is 9.91. The molecule has 2 aliphatic rings. The molecular formula is C36H41ClN10O5. The fourth-order valence-electron chi connectivity index (χ4n) is 6.90. The zero-order chi connectivity index (χ0) is 35.3. The monoisotopic (exact) mass is 728 g/mol. The number of nitrogens with zero attached hydrogens (tertiary/aromatic N) is 6. The molecule has 6 N–H and O–H groups in total. The van der Waals surface area contributed by atoms with Crippen LogP contribution >= 0.6 is 12.4 Å². The minimum atomic E-state index is -1.23. The average molecular weight is 729 g/mol. The molecule has 5 aromatic rings. The molecule has 1 aliphatic carbocycles. The molecule has 7 rings (SSSR count). The summed E-state index contributed by atoms with van der Waals surface area (Å²) in [5.41, 5.74) is 3.82. The van der Waals surface area contributed by atoms with Crippen molar-refractivity contribution < 1.29 is 24.5 Å². The lowest BCUT2D eigenvalue weighted by Gasteiger charge is -2.22. The highest BCUT2D eigenvalue weighted by molar-refractivity contribution is 5.89. The van der Waals surface area contributed by atoms with Crippen LogP contribution in [0.5, 0.6) is 0 Å². The van der Waals surface area contributed by atoms with Crippen LogP contribution in [-0.2, 0) is 4.74 Å². The van der Waals surface area contributed by atoms with Crippen molar-refractivity contribution in [3.8, 4) is 0 Å². The van der Waals surface area contributed by atoms with Gasteiger partial charge in [-0.1, -0.05) is 60.7 Å². The van der Waals surface area contributed by atoms with E-state index < -0.39 is 30.4 Å². The van der Waals surface area contributed by atoms with Gasteiger partial charge in [-0.2, -0.15) is 9.97 Å². The van der Waals surface area contributed by atoms with Gasteiger partial charge in [-0.05, 0) is 36.1 Å². The smallest absolute Gasteiger partial charge is 0.407 e. The maximum atomic E-state index is 12.8. The van der Waals surface area contributed by atoms with Crippen molar-refractivity contribution in [1.29, 1.82) is 0 Å². The largest absolute Gasteiger partial charge is 0.453 e. The van der Waals surface area contributed by atoms with Crippen LogP contribution in [0.4, 0.5) is 27.0 Å². The second-order valence-corrected chi connectivity index (χ2v) is 12.7. The maximum Gasteiger partial charge on any atom is 0.407 e. The summed E-state index contributed by atoms with van der Waals surface area (Å²) in [5.74, 6) is 0.934. The summed E-state index contributed by atoms with van der Waals surface area (Å²) >= 11 is 0. The van der Waals surface area contributed by atoms with Crippen molar-refractivity contribution in [3.05, 3.63) is 103 Å². The topological polar surface area (TPSA) is 192 Å². The first-order valence-electron chi connectivity index (χ1n) is 16.9. The van der Waals surface area contributed by atoms with Crippen LogP contribution < -0.4 is 26.2 Å². The molecule has 3 amide bonds. The number of aliphatic hydroxyl groups is 2. The first-order valence-corrected chi connectivity index (χ1v) is 16.9. The molecule has 272 valence electrons. The second kappa shape index (κ2) is 16.2. The molecule has 3 aromatic heterocycles. The summed E-state index contributed by atoms with van der Waals surface area (Å²) < 4.78 is 6.46. The number of anilines is 3. The van der Waals surface area contributed by atoms with E-state index in [9.17, 15) is 19.8 Å². The fraction of sp³-hybridized carbons (Fsp3) is 0.333. The number of aromatic nitrogens is 5. The first kappa shape index (κ1) is 36.3. The van der Waals surface area contributed by atoms with E-state index in [0.29, 0.717) is 54.7 Å². The van der Waals surface area contributed by atoms with Crippen LogP contribution in [0.25, 0.3) is 11.2 Å². The average Bonchev–Trinajstić information content (AvgIpc) is 3.87. The summed E-state index contributed by atoms with van der Waals surface area (Å²) in [5, 5.41) is 34.0. The molecule has 2 fully saturated rings. The molecule has 1 unspecified atom stereocenters. The third-order valence-corrected chi connectivity index (χ3v) is 9.51. The van der Waals surface area contributed by atoms with Crippen LogP contribution in [0.15, 0.2) is 91.5 Å². The summed E-state index contributed by atoms with van der Waals surface area (Å²) in [6.45, 7) is 1.55. The van der Waals surface area contributed by atoms with E-state index in [-0.39, 0.29) is 36.8 Å². The number of halogens is 1. The number of aliphatic hydroxyl groups excluding tert-OH is 2. The van der Waals surface area contributed by atoms with Crippen molar-refractivity contribution in [3.63, 3.8) is 0 Å². The van der Waals surface area contributed by atoms with Crippen molar-refractivity contribution >= 4 is 53.1 Å². The van der Waals surface area contributed by atoms with Crippen molar-refractivity contribution in [1.82, 2.24) is 35.1 Å². The number of carbonyl (C=O) groups is 2. The summed E-state index contributed by atoms with van der Waals surface area (Å²) in [4.78, 5) is 45.4. The van der Waals surface area contributed by atoms with E-state index in [0.717, 1.165) is 11.1 Å². The Hall–Kier alpha value is -5.51. The SMILES string of the molecule is COC(=O)N[C@H]1C[C@@H](n2cnc3c(NCC(c4ccccc4)c4ccccc4)nc(N4CCC(NC(=O)Nc5cccnc5)C4)nc32)[C@H](O)[C@@H]1O.Cl. The summed E-state index contributed by atoms with van der Waals surface area (Å²) in [6.07, 6.45) is 2.55. The van der Waals surface area contributed by atoms with Gasteiger partial charge in [0, 0.05) is 37.8 Å². The number of ether oxygens (including phenoxy) is 1. The van der Waals surface area contributed by atoms with Crippen LogP contribution in [0, 0.1) is 0 Å². The Morgan fingerprint density at radius 3 is 2.37 bits per heavy atom. The number of benzene rings is 2. The second-order valence-electron chi connectivity index (χ2n) is 12.7. The number of carbonyl (C=O) groups excluding carboxylic acids is 2. The number of fused-ring (bicyclic) bond motifs is 1. The van der Waals surface area contributed by atoms with Gasteiger partial charge in [0.05, 0.1) is 37.4 Å². The van der Waals surface area contributed by atoms with E-state index in [2.05, 4.69) is 50.5 Å². The molecule has 1 saturated carbocycles. The van der Waals surface area contributed by atoms with E-state index in [1.807, 2.05) is 41.3 Å². The van der Waals surface area contributed by atoms with E-state index in [1.54, 1.807) is 35.4 Å². The normalized spacial score (nSPS) is 21.1. The maximum absolute atomic E-state index is 12.8. The van der Waals surface area contributed by atoms with Crippen LogP contribution in [0.3, 0.4) is 0 Å². The highest BCUT2D eigenvalue weighted by Gasteiger charge is 2.44. The van der Waals surface area contributed by atoms with E-state index in [1.165, 1.54) is 7.11 Å². The highest BCUT2D eigenvalue weighted by Crippen LogP contribution is 2.35. The number of hydrogen-bond acceptors (Lipinski definition) is 11. The summed E-state index contributed by atoms with van der Waals surface area (Å²) in [6, 6.07) is 22.1. The van der Waals surface area contributed by atoms with Gasteiger partial charge in [-0.25, -0.2) is 14.6 Å². The Labute approximate surface area is 306 Å². The molecular weight excluding hydrogens is 688 g/mol. The van der Waals surface area contributed by atoms with Crippen LogP contribution in [-0.4, -0.2) is 97.9 Å². The third-order valence-electron chi connectivity index (χ3n) is 9.51. The van der Waals surface area contributed by atoms with Gasteiger partial charge in [-0.3, -0.25) is 4.98 Å². The predicted octanol–water partition coefficient (Wildman–Crippen LogP) is 3.68. The summed E-state index contributed by atoms with van der Waals surface area (Å²) in [7, 11) is 1.24. The van der Waals surface area contributed by atoms with Gasteiger partial charge >= 0.3 is 12.1 Å². The van der Waals surface area contributed by atoms with Gasteiger partial charge in [-0.15, -0.1) is 12.4 Å². The van der Waals surface area contributed by atoms with E-state index in [4.69, 9.17) is 19.7 Å². The predicted molar refractivity (Wildman–Crippen MR) is 198 cm³/mol. The lowest BCUT2D eigenvalue weighted by molar-refractivity contribution is 0.0142. The standard InChI is InChI=1S/C36H40N10O5.ClH/c1-51-36(50)42-27-17-28(31(48)30(27)47)46-21-39-29-32(38-19-26(22-9-4-2-5-10-22)23-11-6-3-7-12-23)43-34(44-33(29)46)45-16-14-25(20-45)41-35(49)40-24-13-8-15-37-18-24;/h2-13,15,18,21,25-28,30-31,47-48H,14,16-17,19-20H2,1H3,(H,42,50)(H,38,43,44)(H2,40,41,49);1H/t25?,27-,28+,30+,31-;/m0./s1. The molecule has 16 heteroatoms. The van der Waals surface area contributed by atoms with Crippen LogP contribution in [0.1, 0.15) is 35.9 Å². The minimum absolute atomic E-state index is 0. The number of amides is 3. The molecule has 0 bridgehead atoms. The van der Waals surface area contributed by atoms with Gasteiger partial charge in [0.2, 0.25) is 5.95 Å². The molecule has 0 spiro atoms. The fourth-order valence-corrected chi connectivity index (χ4v) is 6.90. The van der Waals surface area contributed by atoms with Crippen molar-refractivity contribution in [2.75, 3.05) is 42.3 Å². The number of urea groups is 1. The Morgan fingerprint density at radius 1 is 0.962 bits per heavy atom. The van der Waals surface area contributed by atoms with Gasteiger partial charge < -0.3 is 45.7 Å². The first-order chi connectivity index (χ1) is 24.9. The van der Waals surface area contributed by atoms with Crippen molar-refractivity contribution in [2.24, 2.45) is 0 Å². The number of pyridine rings is 1. The molecule has 1 saturated heterocycles. The lowest BCUT2D eigenvalue weighted by Crippen LogP contribution is -2.43. The minimum Gasteiger partial charge on any atom is -0.453 e. The molecule has 5 atom stereocenters. The Balaban J connectivity index is 0.00000464. The third kappa shape index (κ3) is 7.86. The molecule has 1 aliphatic heterocycles. The quantitative estimate of drug-likeness (QED) is 0.123. The van der Waals surface area contributed by atoms with Gasteiger partial charge in [0.1, 0.15) is 12.2 Å². The highest BCUT2D eigenvalue weighted by atomic mass is 35.5. The van der Waals surface area contributed by atoms with Crippen molar-refractivity contribution in [2.45, 2.75) is 49.1 Å². The number of methoxy groups -OCH3 is 1. The number of rotatable bonds is 10. The molecule has 15 nitrogen and oxygen atoms in total. The number of hydrogen-bond donors (Lipinski definition) is 6. The van der Waals surface area contributed by atoms with E-state index >= 15 is 0 Å². The number of imidazole rings is 1. The van der Waals surface area contributed by atoms with Crippen LogP contribution in [0.2, 0.25) is 0 Å². The Kier molecular flexibility index (Phi) is 11.3. The Bertz CT molecular complexity index is 1920. The molecule has 0 radical (unpaired) electrons. The number of nitrogens with one attached hydrogen (secondary N) is 4.